The molecule has 8 heteroatoms. The van der Waals surface area contributed by atoms with E-state index in [1.165, 1.54) is 0 Å². The van der Waals surface area contributed by atoms with Crippen molar-refractivity contribution in [2.45, 2.75) is 44.8 Å². The molecule has 0 radical (unpaired) electrons. The SMILES string of the molecule is CC(C)(C)OC(=O)N1CC(c2c(F)ccc(F)c2F)CC1C(=O)CBr. The van der Waals surface area contributed by atoms with Gasteiger partial charge in [-0.1, -0.05) is 15.9 Å². The first-order valence-electron chi connectivity index (χ1n) is 7.77. The molecule has 1 amide bonds. The van der Waals surface area contributed by atoms with Crippen molar-refractivity contribution in [2.75, 3.05) is 11.9 Å². The minimum Gasteiger partial charge on any atom is -0.444 e. The highest BCUT2D eigenvalue weighted by Crippen LogP contribution is 2.36. The van der Waals surface area contributed by atoms with E-state index in [0.29, 0.717) is 6.07 Å². The van der Waals surface area contributed by atoms with Crippen LogP contribution in [0, 0.1) is 17.5 Å². The van der Waals surface area contributed by atoms with E-state index in [1.54, 1.807) is 20.8 Å². The molecule has 25 heavy (non-hydrogen) atoms. The van der Waals surface area contributed by atoms with Gasteiger partial charge in [-0.25, -0.2) is 18.0 Å². The molecule has 1 aliphatic rings. The van der Waals surface area contributed by atoms with Gasteiger partial charge in [-0.15, -0.1) is 0 Å². The molecule has 0 aliphatic carbocycles. The van der Waals surface area contributed by atoms with E-state index in [2.05, 4.69) is 15.9 Å². The highest BCUT2D eigenvalue weighted by Gasteiger charge is 2.43. The molecule has 2 unspecified atom stereocenters. The number of ether oxygens (including phenoxy) is 1. The van der Waals surface area contributed by atoms with Gasteiger partial charge < -0.3 is 4.74 Å². The summed E-state index contributed by atoms with van der Waals surface area (Å²) in [6.07, 6.45) is -0.743. The number of hydrogen-bond acceptors (Lipinski definition) is 3. The number of ketones is 1. The summed E-state index contributed by atoms with van der Waals surface area (Å²) >= 11 is 3.04. The molecule has 2 atom stereocenters. The van der Waals surface area contributed by atoms with E-state index in [-0.39, 0.29) is 24.1 Å². The van der Waals surface area contributed by atoms with Crippen molar-refractivity contribution >= 4 is 27.8 Å². The monoisotopic (exact) mass is 421 g/mol. The zero-order valence-electron chi connectivity index (χ0n) is 14.1. The van der Waals surface area contributed by atoms with Crippen LogP contribution in [0.5, 0.6) is 0 Å². The molecule has 138 valence electrons. The second kappa shape index (κ2) is 7.35. The number of alkyl halides is 1. The average Bonchev–Trinajstić information content (AvgIpc) is 2.94. The molecule has 0 spiro atoms. The van der Waals surface area contributed by atoms with Crippen molar-refractivity contribution in [3.8, 4) is 0 Å². The summed E-state index contributed by atoms with van der Waals surface area (Å²) in [5, 5.41) is -0.0161. The fourth-order valence-corrected chi connectivity index (χ4v) is 3.25. The summed E-state index contributed by atoms with van der Waals surface area (Å²) in [6, 6.07) is 0.655. The lowest BCUT2D eigenvalue weighted by Gasteiger charge is -2.27. The number of amides is 1. The molecule has 1 saturated heterocycles. The Balaban J connectivity index is 2.35. The Morgan fingerprint density at radius 1 is 1.24 bits per heavy atom. The molecule has 1 aromatic carbocycles. The Hall–Kier alpha value is -1.57. The van der Waals surface area contributed by atoms with Crippen molar-refractivity contribution < 1.29 is 27.5 Å². The van der Waals surface area contributed by atoms with Crippen molar-refractivity contribution in [1.29, 1.82) is 0 Å². The highest BCUT2D eigenvalue weighted by molar-refractivity contribution is 9.09. The van der Waals surface area contributed by atoms with Crippen molar-refractivity contribution in [1.82, 2.24) is 4.90 Å². The number of Topliss-reactive ketones (excluding diaryl/α,β-unsaturated/α-hetero) is 1. The predicted octanol–water partition coefficient (Wildman–Crippen LogP) is 4.16. The van der Waals surface area contributed by atoms with Crippen LogP contribution in [0.3, 0.4) is 0 Å². The second-order valence-corrected chi connectivity index (χ2v) is 7.50. The fourth-order valence-electron chi connectivity index (χ4n) is 2.88. The standard InChI is InChI=1S/C17H19BrF3NO3/c1-17(2,3)25-16(24)22-8-9(6-12(22)13(23)7-18)14-10(19)4-5-11(20)15(14)21/h4-5,9,12H,6-8H2,1-3H3. The summed E-state index contributed by atoms with van der Waals surface area (Å²) in [6.45, 7) is 4.89. The van der Waals surface area contributed by atoms with E-state index in [4.69, 9.17) is 4.74 Å². The Morgan fingerprint density at radius 3 is 2.40 bits per heavy atom. The van der Waals surface area contributed by atoms with Crippen LogP contribution < -0.4 is 0 Å². The Bertz CT molecular complexity index is 690. The van der Waals surface area contributed by atoms with Gasteiger partial charge in [0.15, 0.2) is 17.4 Å². The molecule has 1 aromatic rings. The van der Waals surface area contributed by atoms with E-state index in [9.17, 15) is 22.8 Å². The van der Waals surface area contributed by atoms with Crippen molar-refractivity contribution in [3.05, 3.63) is 35.1 Å². The van der Waals surface area contributed by atoms with Crippen LogP contribution in [0.15, 0.2) is 12.1 Å². The molecule has 0 saturated carbocycles. The van der Waals surface area contributed by atoms with Crippen LogP contribution in [0.1, 0.15) is 38.7 Å². The second-order valence-electron chi connectivity index (χ2n) is 6.94. The van der Waals surface area contributed by atoms with Gasteiger partial charge in [0.1, 0.15) is 11.4 Å². The van der Waals surface area contributed by atoms with Gasteiger partial charge in [0.05, 0.1) is 11.4 Å². The normalized spacial score (nSPS) is 20.7. The topological polar surface area (TPSA) is 46.6 Å². The lowest BCUT2D eigenvalue weighted by molar-refractivity contribution is -0.120. The van der Waals surface area contributed by atoms with Crippen molar-refractivity contribution in [3.63, 3.8) is 0 Å². The summed E-state index contributed by atoms with van der Waals surface area (Å²) in [5.41, 5.74) is -1.23. The maximum Gasteiger partial charge on any atom is 0.410 e. The van der Waals surface area contributed by atoms with E-state index < -0.39 is 46.7 Å². The third-order valence-corrected chi connectivity index (χ3v) is 4.47. The average molecular weight is 422 g/mol. The number of nitrogens with zero attached hydrogens (tertiary/aromatic N) is 1. The zero-order chi connectivity index (χ0) is 18.9. The van der Waals surface area contributed by atoms with Gasteiger partial charge in [-0.2, -0.15) is 0 Å². The van der Waals surface area contributed by atoms with Gasteiger partial charge in [-0.3, -0.25) is 9.69 Å². The lowest BCUT2D eigenvalue weighted by atomic mass is 9.94. The van der Waals surface area contributed by atoms with Gasteiger partial charge in [-0.05, 0) is 39.3 Å². The number of rotatable bonds is 3. The smallest absolute Gasteiger partial charge is 0.410 e. The largest absolute Gasteiger partial charge is 0.444 e. The lowest BCUT2D eigenvalue weighted by Crippen LogP contribution is -2.43. The zero-order valence-corrected chi connectivity index (χ0v) is 15.7. The quantitative estimate of drug-likeness (QED) is 0.543. The Morgan fingerprint density at radius 2 is 1.84 bits per heavy atom. The number of carbonyl (C=O) groups is 2. The third kappa shape index (κ3) is 4.34. The van der Waals surface area contributed by atoms with E-state index in [0.717, 1.165) is 11.0 Å². The first kappa shape index (κ1) is 19.8. The van der Waals surface area contributed by atoms with Gasteiger partial charge in [0, 0.05) is 18.0 Å². The van der Waals surface area contributed by atoms with E-state index >= 15 is 0 Å². The molecule has 1 aliphatic heterocycles. The summed E-state index contributed by atoms with van der Waals surface area (Å²) in [7, 11) is 0. The summed E-state index contributed by atoms with van der Waals surface area (Å²) in [5.74, 6) is -4.52. The Kier molecular flexibility index (Phi) is 5.81. The first-order chi connectivity index (χ1) is 11.5. The molecule has 0 N–H and O–H groups in total. The molecule has 0 bridgehead atoms. The van der Waals surface area contributed by atoms with Crippen LogP contribution in [0.4, 0.5) is 18.0 Å². The third-order valence-electron chi connectivity index (χ3n) is 3.92. The Labute approximate surface area is 152 Å². The molecule has 1 fully saturated rings. The van der Waals surface area contributed by atoms with E-state index in [1.807, 2.05) is 0 Å². The molecular weight excluding hydrogens is 403 g/mol. The number of hydrogen-bond donors (Lipinski definition) is 0. The maximum atomic E-state index is 14.1. The van der Waals surface area contributed by atoms with Gasteiger partial charge >= 0.3 is 6.09 Å². The maximum absolute atomic E-state index is 14.1. The number of halogens is 4. The summed E-state index contributed by atoms with van der Waals surface area (Å²) in [4.78, 5) is 25.7. The van der Waals surface area contributed by atoms with Gasteiger partial charge in [0.25, 0.3) is 0 Å². The number of benzene rings is 1. The van der Waals surface area contributed by atoms with Crippen LogP contribution in [0.2, 0.25) is 0 Å². The van der Waals surface area contributed by atoms with Crippen LogP contribution in [-0.4, -0.2) is 40.3 Å². The van der Waals surface area contributed by atoms with Crippen molar-refractivity contribution in [2.24, 2.45) is 0 Å². The minimum absolute atomic E-state index is 0.000962. The molecule has 1 heterocycles. The van der Waals surface area contributed by atoms with Crippen LogP contribution in [0.25, 0.3) is 0 Å². The van der Waals surface area contributed by atoms with Crippen LogP contribution in [-0.2, 0) is 9.53 Å². The molecule has 4 nitrogen and oxygen atoms in total. The molecule has 2 rings (SSSR count). The fraction of sp³-hybridized carbons (Fsp3) is 0.529. The number of likely N-dealkylation sites (tertiary alicyclic amines) is 1. The molecule has 0 aromatic heterocycles. The highest BCUT2D eigenvalue weighted by atomic mass is 79.9. The predicted molar refractivity (Wildman–Crippen MR) is 89.2 cm³/mol. The minimum atomic E-state index is -1.29. The summed E-state index contributed by atoms with van der Waals surface area (Å²) < 4.78 is 46.9. The number of carbonyl (C=O) groups excluding carboxylic acids is 2. The first-order valence-corrected chi connectivity index (χ1v) is 8.89. The molecular formula is C17H19BrF3NO3. The van der Waals surface area contributed by atoms with Gasteiger partial charge in [0.2, 0.25) is 0 Å². The van der Waals surface area contributed by atoms with Crippen LogP contribution >= 0.6 is 15.9 Å².